The van der Waals surface area contributed by atoms with Crippen LogP contribution in [0.4, 0.5) is 15.8 Å². The van der Waals surface area contributed by atoms with E-state index in [9.17, 15) is 9.18 Å². The van der Waals surface area contributed by atoms with Gasteiger partial charge in [0.25, 0.3) is 5.89 Å². The van der Waals surface area contributed by atoms with Crippen LogP contribution in [0.2, 0.25) is 0 Å². The minimum Gasteiger partial charge on any atom is -0.378 e. The van der Waals surface area contributed by atoms with E-state index in [0.717, 1.165) is 11.3 Å². The molecular weight excluding hydrogens is 347 g/mol. The summed E-state index contributed by atoms with van der Waals surface area (Å²) in [5, 5.41) is 4.08. The first-order valence-corrected chi connectivity index (χ1v) is 8.68. The molecule has 138 valence electrons. The summed E-state index contributed by atoms with van der Waals surface area (Å²) < 4.78 is 18.9. The largest absolute Gasteiger partial charge is 0.378 e. The third kappa shape index (κ3) is 3.40. The highest BCUT2D eigenvalue weighted by Crippen LogP contribution is 2.32. The van der Waals surface area contributed by atoms with Gasteiger partial charge in [-0.1, -0.05) is 17.3 Å². The molecule has 0 radical (unpaired) electrons. The molecule has 2 heterocycles. The van der Waals surface area contributed by atoms with E-state index in [0.29, 0.717) is 23.9 Å². The fourth-order valence-corrected chi connectivity index (χ4v) is 3.21. The molecule has 0 spiro atoms. The zero-order valence-corrected chi connectivity index (χ0v) is 15.1. The van der Waals surface area contributed by atoms with Crippen LogP contribution in [0.1, 0.15) is 18.2 Å². The van der Waals surface area contributed by atoms with E-state index in [2.05, 4.69) is 10.1 Å². The van der Waals surface area contributed by atoms with Gasteiger partial charge in [0.1, 0.15) is 5.82 Å². The summed E-state index contributed by atoms with van der Waals surface area (Å²) in [6.45, 7) is 0.402. The van der Waals surface area contributed by atoms with Crippen LogP contribution in [-0.4, -0.2) is 36.7 Å². The van der Waals surface area contributed by atoms with Gasteiger partial charge in [0.05, 0.1) is 0 Å². The summed E-state index contributed by atoms with van der Waals surface area (Å²) in [6, 6.07) is 13.8. The first-order chi connectivity index (χ1) is 13.0. The van der Waals surface area contributed by atoms with Crippen molar-refractivity contribution in [1.29, 1.82) is 0 Å². The van der Waals surface area contributed by atoms with E-state index >= 15 is 0 Å². The summed E-state index contributed by atoms with van der Waals surface area (Å²) in [5.74, 6) is 0.283. The van der Waals surface area contributed by atoms with Gasteiger partial charge in [-0.25, -0.2) is 4.39 Å². The Hall–Kier alpha value is -3.22. The number of amides is 1. The van der Waals surface area contributed by atoms with Gasteiger partial charge in [-0.3, -0.25) is 4.79 Å². The zero-order valence-electron chi connectivity index (χ0n) is 15.1. The predicted octanol–water partition coefficient (Wildman–Crippen LogP) is 3.46. The molecule has 1 amide bonds. The standard InChI is InChI=1S/C20H19FN4O2/c1-24(2)16-7-3-5-13(9-16)20-22-19(23-27-20)14-10-18(26)25(12-14)17-8-4-6-15(21)11-17/h3-9,11,14H,10,12H2,1-2H3. The predicted molar refractivity (Wildman–Crippen MR) is 100 cm³/mol. The highest BCUT2D eigenvalue weighted by atomic mass is 19.1. The molecule has 1 atom stereocenters. The van der Waals surface area contributed by atoms with Crippen LogP contribution in [0.25, 0.3) is 11.5 Å². The first-order valence-electron chi connectivity index (χ1n) is 8.68. The zero-order chi connectivity index (χ0) is 19.0. The molecule has 0 saturated carbocycles. The van der Waals surface area contributed by atoms with Crippen molar-refractivity contribution < 1.29 is 13.7 Å². The Balaban J connectivity index is 1.56. The van der Waals surface area contributed by atoms with Crippen LogP contribution in [0, 0.1) is 5.82 Å². The Kier molecular flexibility index (Phi) is 4.35. The lowest BCUT2D eigenvalue weighted by molar-refractivity contribution is -0.117. The Bertz CT molecular complexity index is 985. The number of nitrogens with zero attached hydrogens (tertiary/aromatic N) is 4. The highest BCUT2D eigenvalue weighted by molar-refractivity contribution is 5.96. The number of carbonyl (C=O) groups is 1. The normalized spacial score (nSPS) is 16.8. The van der Waals surface area contributed by atoms with Crippen molar-refractivity contribution in [1.82, 2.24) is 10.1 Å². The monoisotopic (exact) mass is 366 g/mol. The van der Waals surface area contributed by atoms with Gasteiger partial charge in [-0.15, -0.1) is 0 Å². The van der Waals surface area contributed by atoms with Crippen LogP contribution in [0.5, 0.6) is 0 Å². The lowest BCUT2D eigenvalue weighted by Crippen LogP contribution is -2.24. The number of rotatable bonds is 4. The third-order valence-electron chi connectivity index (χ3n) is 4.66. The fraction of sp³-hybridized carbons (Fsp3) is 0.250. The maximum absolute atomic E-state index is 13.5. The molecule has 27 heavy (non-hydrogen) atoms. The number of carbonyl (C=O) groups excluding carboxylic acids is 1. The Labute approximate surface area is 156 Å². The molecule has 1 unspecified atom stereocenters. The molecule has 0 aliphatic carbocycles. The van der Waals surface area contributed by atoms with Gasteiger partial charge in [0.2, 0.25) is 5.91 Å². The van der Waals surface area contributed by atoms with Crippen LogP contribution in [0.15, 0.2) is 53.1 Å². The van der Waals surface area contributed by atoms with Gasteiger partial charge >= 0.3 is 0 Å². The second kappa shape index (κ2) is 6.83. The number of hydrogen-bond donors (Lipinski definition) is 0. The van der Waals surface area contributed by atoms with Crippen molar-refractivity contribution in [3.8, 4) is 11.5 Å². The number of anilines is 2. The lowest BCUT2D eigenvalue weighted by Gasteiger charge is -2.16. The molecule has 1 aliphatic rings. The molecule has 1 aromatic heterocycles. The SMILES string of the molecule is CN(C)c1cccc(-c2nc(C3CC(=O)N(c4cccc(F)c4)C3)no2)c1. The van der Waals surface area contributed by atoms with E-state index in [1.165, 1.54) is 12.1 Å². The fourth-order valence-electron chi connectivity index (χ4n) is 3.21. The average molecular weight is 366 g/mol. The molecular formula is C20H19FN4O2. The number of hydrogen-bond acceptors (Lipinski definition) is 5. The Morgan fingerprint density at radius 3 is 2.78 bits per heavy atom. The molecule has 0 N–H and O–H groups in total. The number of aromatic nitrogens is 2. The van der Waals surface area contributed by atoms with Crippen molar-refractivity contribution in [2.24, 2.45) is 0 Å². The smallest absolute Gasteiger partial charge is 0.258 e. The quantitative estimate of drug-likeness (QED) is 0.708. The first kappa shape index (κ1) is 17.2. The molecule has 1 fully saturated rings. The van der Waals surface area contributed by atoms with Gasteiger partial charge in [-0.05, 0) is 36.4 Å². The van der Waals surface area contributed by atoms with Gasteiger partial charge in [-0.2, -0.15) is 4.98 Å². The van der Waals surface area contributed by atoms with E-state index in [1.807, 2.05) is 43.3 Å². The minimum absolute atomic E-state index is 0.0773. The Morgan fingerprint density at radius 2 is 2.00 bits per heavy atom. The van der Waals surface area contributed by atoms with Crippen molar-refractivity contribution in [3.05, 3.63) is 60.2 Å². The van der Waals surface area contributed by atoms with E-state index in [-0.39, 0.29) is 24.1 Å². The maximum atomic E-state index is 13.5. The van der Waals surface area contributed by atoms with Gasteiger partial charge in [0, 0.05) is 49.9 Å². The second-order valence-corrected chi connectivity index (χ2v) is 6.79. The average Bonchev–Trinajstić information content (AvgIpc) is 3.28. The summed E-state index contributed by atoms with van der Waals surface area (Å²) >= 11 is 0. The summed E-state index contributed by atoms with van der Waals surface area (Å²) in [4.78, 5) is 20.4. The summed E-state index contributed by atoms with van der Waals surface area (Å²) in [5.41, 5.74) is 2.40. The van der Waals surface area contributed by atoms with E-state index in [1.54, 1.807) is 17.0 Å². The van der Waals surface area contributed by atoms with Crippen LogP contribution < -0.4 is 9.80 Å². The number of benzene rings is 2. The minimum atomic E-state index is -0.369. The molecule has 4 rings (SSSR count). The summed E-state index contributed by atoms with van der Waals surface area (Å²) in [7, 11) is 3.92. The lowest BCUT2D eigenvalue weighted by atomic mass is 10.1. The molecule has 2 aromatic carbocycles. The van der Waals surface area contributed by atoms with Gasteiger partial charge in [0.15, 0.2) is 5.82 Å². The topological polar surface area (TPSA) is 62.5 Å². The molecule has 3 aromatic rings. The van der Waals surface area contributed by atoms with E-state index < -0.39 is 0 Å². The highest BCUT2D eigenvalue weighted by Gasteiger charge is 2.34. The van der Waals surface area contributed by atoms with Gasteiger partial charge < -0.3 is 14.3 Å². The number of halogens is 1. The van der Waals surface area contributed by atoms with E-state index in [4.69, 9.17) is 4.52 Å². The molecule has 6 nitrogen and oxygen atoms in total. The summed E-state index contributed by atoms with van der Waals surface area (Å²) in [6.07, 6.45) is 0.271. The molecule has 7 heteroatoms. The third-order valence-corrected chi connectivity index (χ3v) is 4.66. The van der Waals surface area contributed by atoms with Crippen LogP contribution in [-0.2, 0) is 4.79 Å². The second-order valence-electron chi connectivity index (χ2n) is 6.79. The molecule has 1 aliphatic heterocycles. The van der Waals surface area contributed by atoms with Crippen molar-refractivity contribution in [3.63, 3.8) is 0 Å². The maximum Gasteiger partial charge on any atom is 0.258 e. The van der Waals surface area contributed by atoms with Crippen molar-refractivity contribution in [2.75, 3.05) is 30.4 Å². The molecule has 1 saturated heterocycles. The van der Waals surface area contributed by atoms with Crippen molar-refractivity contribution >= 4 is 17.3 Å². The van der Waals surface area contributed by atoms with Crippen LogP contribution in [0.3, 0.4) is 0 Å². The van der Waals surface area contributed by atoms with Crippen molar-refractivity contribution in [2.45, 2.75) is 12.3 Å². The van der Waals surface area contributed by atoms with Crippen LogP contribution >= 0.6 is 0 Å². The Morgan fingerprint density at radius 1 is 1.19 bits per heavy atom. The molecule has 0 bridgehead atoms.